The molecule has 0 spiro atoms. The summed E-state index contributed by atoms with van der Waals surface area (Å²) in [4.78, 5) is 24.2. The summed E-state index contributed by atoms with van der Waals surface area (Å²) in [7, 11) is 1.59. The van der Waals surface area contributed by atoms with Crippen LogP contribution in [-0.4, -0.2) is 53.0 Å². The van der Waals surface area contributed by atoms with E-state index < -0.39 is 35.2 Å². The molecule has 34 heavy (non-hydrogen) atoms. The molecule has 1 aliphatic rings. The van der Waals surface area contributed by atoms with Crippen LogP contribution >= 0.6 is 0 Å². The number of carbonyl (C=O) groups excluding carboxylic acids is 1. The molecule has 10 heteroatoms. The molecule has 1 saturated heterocycles. The fourth-order valence-corrected chi connectivity index (χ4v) is 3.84. The number of aliphatic hydroxyl groups is 1. The van der Waals surface area contributed by atoms with Gasteiger partial charge < -0.3 is 24.9 Å². The highest BCUT2D eigenvalue weighted by Crippen LogP contribution is 2.26. The first-order valence-electron chi connectivity index (χ1n) is 10.8. The Kier molecular flexibility index (Phi) is 6.52. The van der Waals surface area contributed by atoms with Crippen LogP contribution in [0.15, 0.2) is 45.6 Å². The molecule has 0 radical (unpaired) electrons. The van der Waals surface area contributed by atoms with Gasteiger partial charge in [0.2, 0.25) is 0 Å². The lowest BCUT2D eigenvalue weighted by molar-refractivity contribution is -0.135. The minimum Gasteiger partial charge on any atom is -0.408 e. The van der Waals surface area contributed by atoms with Gasteiger partial charge in [-0.25, -0.2) is 9.18 Å². The smallest absolute Gasteiger partial charge is 0.408 e. The Morgan fingerprint density at radius 1 is 1.38 bits per heavy atom. The minimum absolute atomic E-state index is 0.0236. The van der Waals surface area contributed by atoms with Crippen molar-refractivity contribution in [3.05, 3.63) is 58.3 Å². The quantitative estimate of drug-likeness (QED) is 0.514. The van der Waals surface area contributed by atoms with E-state index in [1.165, 1.54) is 10.6 Å². The van der Waals surface area contributed by atoms with Crippen molar-refractivity contribution in [1.29, 1.82) is 5.26 Å². The zero-order chi connectivity index (χ0) is 24.5. The molecule has 3 N–H and O–H groups in total. The van der Waals surface area contributed by atoms with Gasteiger partial charge in [-0.1, -0.05) is 18.2 Å². The summed E-state index contributed by atoms with van der Waals surface area (Å²) in [5.41, 5.74) is 1.52. The van der Waals surface area contributed by atoms with Gasteiger partial charge in [-0.05, 0) is 41.8 Å². The van der Waals surface area contributed by atoms with E-state index in [1.54, 1.807) is 44.3 Å². The third-order valence-electron chi connectivity index (χ3n) is 5.80. The van der Waals surface area contributed by atoms with Crippen molar-refractivity contribution in [2.24, 2.45) is 7.05 Å². The Morgan fingerprint density at radius 3 is 2.85 bits per heavy atom. The molecule has 1 fully saturated rings. The number of nitrogens with zero attached hydrogens (tertiary/aromatic N) is 2. The van der Waals surface area contributed by atoms with Gasteiger partial charge in [0.05, 0.1) is 23.8 Å². The van der Waals surface area contributed by atoms with Crippen molar-refractivity contribution < 1.29 is 23.4 Å². The number of β-amino-alcohol motifs (C(OH)–C–C–N with tert-alkyl or cyclic N) is 1. The predicted molar refractivity (Wildman–Crippen MR) is 121 cm³/mol. The van der Waals surface area contributed by atoms with Crippen LogP contribution in [0, 0.1) is 17.1 Å². The Morgan fingerprint density at radius 2 is 2.12 bits per heavy atom. The largest absolute Gasteiger partial charge is 0.419 e. The molecule has 1 aliphatic heterocycles. The van der Waals surface area contributed by atoms with Gasteiger partial charge in [-0.15, -0.1) is 0 Å². The zero-order valence-corrected chi connectivity index (χ0v) is 18.8. The molecule has 3 aromatic rings. The van der Waals surface area contributed by atoms with Crippen LogP contribution in [0.5, 0.6) is 0 Å². The summed E-state index contributed by atoms with van der Waals surface area (Å²) in [6.45, 7) is 2.04. The average Bonchev–Trinajstić information content (AvgIpc) is 2.96. The third-order valence-corrected chi connectivity index (χ3v) is 5.80. The number of ether oxygens (including phenoxy) is 1. The normalized spacial score (nSPS) is 21.6. The fraction of sp³-hybridized carbons (Fsp3) is 0.375. The maximum atomic E-state index is 14.9. The topological polar surface area (TPSA) is 130 Å². The van der Waals surface area contributed by atoms with Gasteiger partial charge in [-0.3, -0.25) is 9.36 Å². The summed E-state index contributed by atoms with van der Waals surface area (Å²) in [5.74, 6) is -1.50. The number of nitrogens with one attached hydrogen (secondary N) is 2. The van der Waals surface area contributed by atoms with Gasteiger partial charge in [0, 0.05) is 26.6 Å². The number of hydrogen-bond acceptors (Lipinski definition) is 7. The van der Waals surface area contributed by atoms with Crippen LogP contribution in [0.1, 0.15) is 12.5 Å². The highest BCUT2D eigenvalue weighted by molar-refractivity contribution is 5.82. The molecule has 0 bridgehead atoms. The van der Waals surface area contributed by atoms with Gasteiger partial charge in [0.1, 0.15) is 18.0 Å². The van der Waals surface area contributed by atoms with E-state index in [1.807, 2.05) is 6.07 Å². The Bertz CT molecular complexity index is 1320. The first-order valence-corrected chi connectivity index (χ1v) is 10.8. The van der Waals surface area contributed by atoms with E-state index in [4.69, 9.17) is 9.15 Å². The van der Waals surface area contributed by atoms with Crippen LogP contribution < -0.4 is 16.4 Å². The summed E-state index contributed by atoms with van der Waals surface area (Å²) in [6, 6.07) is 10.8. The second kappa shape index (κ2) is 9.38. The number of fused-ring (bicyclic) bond motifs is 1. The Hall–Kier alpha value is -3.52. The highest BCUT2D eigenvalue weighted by Gasteiger charge is 2.31. The van der Waals surface area contributed by atoms with Crippen molar-refractivity contribution in [1.82, 2.24) is 15.2 Å². The molecule has 0 aliphatic carbocycles. The fourth-order valence-electron chi connectivity index (χ4n) is 3.84. The van der Waals surface area contributed by atoms with Crippen molar-refractivity contribution in [3.63, 3.8) is 0 Å². The maximum Gasteiger partial charge on any atom is 0.419 e. The summed E-state index contributed by atoms with van der Waals surface area (Å²) < 4.78 is 26.9. The van der Waals surface area contributed by atoms with Crippen molar-refractivity contribution >= 4 is 17.0 Å². The molecule has 0 saturated carbocycles. The molecular formula is C24H25FN4O5. The van der Waals surface area contributed by atoms with Crippen LogP contribution in [0.2, 0.25) is 0 Å². The number of oxazole rings is 1. The second-order valence-corrected chi connectivity index (χ2v) is 8.74. The van der Waals surface area contributed by atoms with Crippen molar-refractivity contribution in [2.75, 3.05) is 19.7 Å². The van der Waals surface area contributed by atoms with E-state index >= 15 is 0 Å². The summed E-state index contributed by atoms with van der Waals surface area (Å²) in [6.07, 6.45) is -0.896. The summed E-state index contributed by atoms with van der Waals surface area (Å²) in [5, 5.41) is 25.1. The van der Waals surface area contributed by atoms with Gasteiger partial charge in [-0.2, -0.15) is 5.26 Å². The Labute approximate surface area is 194 Å². The molecule has 2 heterocycles. The van der Waals surface area contributed by atoms with E-state index in [0.29, 0.717) is 22.2 Å². The van der Waals surface area contributed by atoms with Crippen molar-refractivity contribution in [2.45, 2.75) is 31.1 Å². The van der Waals surface area contributed by atoms with Gasteiger partial charge >= 0.3 is 5.76 Å². The molecule has 9 nitrogen and oxygen atoms in total. The lowest BCUT2D eigenvalue weighted by Gasteiger charge is -2.21. The van der Waals surface area contributed by atoms with E-state index in [2.05, 4.69) is 10.6 Å². The molecule has 1 amide bonds. The number of carbonyl (C=O) groups is 1. The number of nitriles is 1. The standard InChI is InChI=1S/C24H25FN4O5/c1-24(32)12-27-11-21(33-13-24)22(30)28-17(10-26)7-16-4-3-14(8-18(16)25)15-5-6-20-19(9-15)29(2)23(31)34-20/h3-6,8-9,17,21,27,32H,7,11-13H2,1-2H3,(H,28,30). The average molecular weight is 468 g/mol. The van der Waals surface area contributed by atoms with E-state index in [-0.39, 0.29) is 31.7 Å². The van der Waals surface area contributed by atoms with Crippen molar-refractivity contribution in [3.8, 4) is 17.2 Å². The highest BCUT2D eigenvalue weighted by atomic mass is 19.1. The molecule has 4 rings (SSSR count). The number of amides is 1. The number of hydrogen-bond donors (Lipinski definition) is 3. The number of halogens is 1. The summed E-state index contributed by atoms with van der Waals surface area (Å²) >= 11 is 0. The number of rotatable bonds is 5. The van der Waals surface area contributed by atoms with Crippen LogP contribution in [0.25, 0.3) is 22.2 Å². The van der Waals surface area contributed by atoms with Gasteiger partial charge in [0.15, 0.2) is 5.58 Å². The maximum absolute atomic E-state index is 14.9. The molecule has 178 valence electrons. The zero-order valence-electron chi connectivity index (χ0n) is 18.8. The first kappa shape index (κ1) is 23.6. The van der Waals surface area contributed by atoms with E-state index in [0.717, 1.165) is 0 Å². The number of aromatic nitrogens is 1. The Balaban J connectivity index is 1.46. The molecule has 3 unspecified atom stereocenters. The first-order chi connectivity index (χ1) is 16.2. The second-order valence-electron chi connectivity index (χ2n) is 8.74. The lowest BCUT2D eigenvalue weighted by Crippen LogP contribution is -2.46. The van der Waals surface area contributed by atoms with E-state index in [9.17, 15) is 24.3 Å². The van der Waals surface area contributed by atoms with Crippen LogP contribution in [0.3, 0.4) is 0 Å². The lowest BCUT2D eigenvalue weighted by atomic mass is 10.00. The van der Waals surface area contributed by atoms with Crippen LogP contribution in [-0.2, 0) is 23.0 Å². The van der Waals surface area contributed by atoms with Crippen LogP contribution in [0.4, 0.5) is 4.39 Å². The SMILES string of the molecule is Cn1c(=O)oc2ccc(-c3ccc(CC(C#N)NC(=O)C4CNCC(C)(O)CO4)c(F)c3)cc21. The van der Waals surface area contributed by atoms with Gasteiger partial charge in [0.25, 0.3) is 5.91 Å². The number of benzene rings is 2. The molecule has 2 aromatic carbocycles. The minimum atomic E-state index is -1.09. The number of aryl methyl sites for hydroxylation is 1. The molecule has 1 aromatic heterocycles. The third kappa shape index (κ3) is 5.02. The predicted octanol–water partition coefficient (Wildman–Crippen LogP) is 1.23. The molecular weight excluding hydrogens is 443 g/mol. The molecule has 3 atom stereocenters. The monoisotopic (exact) mass is 468 g/mol.